The second-order valence-electron chi connectivity index (χ2n) is 7.72. The summed E-state index contributed by atoms with van der Waals surface area (Å²) in [6.45, 7) is 7.35. The van der Waals surface area contributed by atoms with Gasteiger partial charge in [0.05, 0.1) is 13.2 Å². The maximum absolute atomic E-state index is 12.0. The zero-order chi connectivity index (χ0) is 19.9. The van der Waals surface area contributed by atoms with Gasteiger partial charge in [-0.05, 0) is 51.3 Å². The quantitative estimate of drug-likeness (QED) is 0.746. The average Bonchev–Trinajstić information content (AvgIpc) is 2.60. The molecule has 7 heteroatoms. The molecule has 1 aromatic carbocycles. The fraction of sp³-hybridized carbons (Fsp3) is 0.600. The molecule has 0 saturated carbocycles. The Labute approximate surface area is 166 Å². The van der Waals surface area contributed by atoms with Gasteiger partial charge >= 0.3 is 12.1 Å². The summed E-state index contributed by atoms with van der Waals surface area (Å²) in [5.74, 6) is -0.265. The fourth-order valence-corrected chi connectivity index (χ4v) is 2.93. The van der Waals surface area contributed by atoms with Crippen molar-refractivity contribution in [3.63, 3.8) is 0 Å². The molecule has 150 valence electrons. The van der Waals surface area contributed by atoms with Crippen molar-refractivity contribution in [1.29, 1.82) is 0 Å². The number of carbonyl (C=O) groups is 2. The van der Waals surface area contributed by atoms with E-state index >= 15 is 0 Å². The van der Waals surface area contributed by atoms with Gasteiger partial charge in [-0.25, -0.2) is 4.79 Å². The van der Waals surface area contributed by atoms with Crippen LogP contribution in [0.2, 0.25) is 5.02 Å². The Kier molecular flexibility index (Phi) is 7.92. The molecule has 0 spiro atoms. The topological polar surface area (TPSA) is 67.9 Å². The molecule has 1 aromatic rings. The van der Waals surface area contributed by atoms with Crippen LogP contribution in [0.4, 0.5) is 4.79 Å². The number of hydrogen-bond donors (Lipinski definition) is 1. The highest BCUT2D eigenvalue weighted by atomic mass is 35.5. The first kappa shape index (κ1) is 21.5. The highest BCUT2D eigenvalue weighted by molar-refractivity contribution is 6.30. The van der Waals surface area contributed by atoms with Gasteiger partial charge in [-0.15, -0.1) is 0 Å². The Morgan fingerprint density at radius 3 is 2.41 bits per heavy atom. The molecule has 1 N–H and O–H groups in total. The van der Waals surface area contributed by atoms with Crippen LogP contribution in [0.1, 0.15) is 39.2 Å². The lowest BCUT2D eigenvalue weighted by atomic mass is 10.1. The third-order valence-electron chi connectivity index (χ3n) is 4.25. The van der Waals surface area contributed by atoms with Crippen molar-refractivity contribution in [2.24, 2.45) is 0 Å². The third-order valence-corrected chi connectivity index (χ3v) is 4.50. The summed E-state index contributed by atoms with van der Waals surface area (Å²) >= 11 is 5.84. The van der Waals surface area contributed by atoms with Gasteiger partial charge in [0, 0.05) is 30.6 Å². The molecule has 2 rings (SSSR count). The van der Waals surface area contributed by atoms with Crippen LogP contribution < -0.4 is 5.32 Å². The predicted octanol–water partition coefficient (Wildman–Crippen LogP) is 3.41. The normalized spacial score (nSPS) is 15.5. The van der Waals surface area contributed by atoms with E-state index in [-0.39, 0.29) is 24.6 Å². The van der Waals surface area contributed by atoms with Crippen molar-refractivity contribution in [3.8, 4) is 0 Å². The maximum atomic E-state index is 12.0. The van der Waals surface area contributed by atoms with Crippen LogP contribution in [0.25, 0.3) is 0 Å². The summed E-state index contributed by atoms with van der Waals surface area (Å²) in [4.78, 5) is 25.6. The molecule has 1 aliphatic heterocycles. The molecule has 27 heavy (non-hydrogen) atoms. The summed E-state index contributed by atoms with van der Waals surface area (Å²) < 4.78 is 10.6. The molecule has 1 aliphatic rings. The Morgan fingerprint density at radius 2 is 1.81 bits per heavy atom. The number of nitrogens with zero attached hydrogens (tertiary/aromatic N) is 1. The van der Waals surface area contributed by atoms with E-state index in [1.165, 1.54) is 0 Å². The largest absolute Gasteiger partial charge is 0.464 e. The number of ether oxygens (including phenoxy) is 2. The summed E-state index contributed by atoms with van der Waals surface area (Å²) in [5.41, 5.74) is 0.594. The Balaban J connectivity index is 1.59. The minimum absolute atomic E-state index is 0.178. The van der Waals surface area contributed by atoms with Gasteiger partial charge in [-0.3, -0.25) is 4.79 Å². The van der Waals surface area contributed by atoms with Crippen molar-refractivity contribution in [1.82, 2.24) is 10.2 Å². The summed E-state index contributed by atoms with van der Waals surface area (Å²) in [5, 5.41) is 3.91. The van der Waals surface area contributed by atoms with Gasteiger partial charge in [-0.1, -0.05) is 23.7 Å². The molecular weight excluding hydrogens is 368 g/mol. The molecule has 1 amide bonds. The molecule has 0 radical (unpaired) electrons. The van der Waals surface area contributed by atoms with E-state index < -0.39 is 5.60 Å². The van der Waals surface area contributed by atoms with Crippen LogP contribution in [0.5, 0.6) is 0 Å². The first-order chi connectivity index (χ1) is 12.7. The first-order valence-electron chi connectivity index (χ1n) is 9.34. The van der Waals surface area contributed by atoms with E-state index in [0.29, 0.717) is 31.1 Å². The molecule has 1 heterocycles. The van der Waals surface area contributed by atoms with Gasteiger partial charge in [0.1, 0.15) is 5.60 Å². The van der Waals surface area contributed by atoms with Crippen molar-refractivity contribution in [2.75, 3.05) is 26.2 Å². The molecular formula is C20H29ClN2O4. The van der Waals surface area contributed by atoms with Crippen LogP contribution in [0.3, 0.4) is 0 Å². The molecule has 0 atom stereocenters. The van der Waals surface area contributed by atoms with Crippen LogP contribution in [-0.2, 0) is 20.7 Å². The van der Waals surface area contributed by atoms with Crippen molar-refractivity contribution >= 4 is 23.7 Å². The number of likely N-dealkylation sites (tertiary alicyclic amines) is 1. The van der Waals surface area contributed by atoms with Gasteiger partial charge < -0.3 is 19.7 Å². The maximum Gasteiger partial charge on any atom is 0.410 e. The number of hydrogen-bond acceptors (Lipinski definition) is 5. The van der Waals surface area contributed by atoms with E-state index in [1.807, 2.05) is 45.0 Å². The molecule has 1 fully saturated rings. The fourth-order valence-electron chi connectivity index (χ4n) is 2.81. The molecule has 6 nitrogen and oxygen atoms in total. The Morgan fingerprint density at radius 1 is 1.19 bits per heavy atom. The van der Waals surface area contributed by atoms with Crippen molar-refractivity contribution in [2.45, 2.75) is 51.7 Å². The molecule has 0 unspecified atom stereocenters. The Bertz CT molecular complexity index is 620. The van der Waals surface area contributed by atoms with Crippen LogP contribution in [0.15, 0.2) is 24.3 Å². The molecule has 0 aliphatic carbocycles. The number of amides is 1. The summed E-state index contributed by atoms with van der Waals surface area (Å²) in [6, 6.07) is 7.69. The number of halogens is 1. The van der Waals surface area contributed by atoms with Crippen LogP contribution in [-0.4, -0.2) is 54.8 Å². The van der Waals surface area contributed by atoms with Crippen LogP contribution in [0, 0.1) is 0 Å². The van der Waals surface area contributed by atoms with Crippen LogP contribution >= 0.6 is 11.6 Å². The minimum Gasteiger partial charge on any atom is -0.464 e. The average molecular weight is 397 g/mol. The standard InChI is InChI=1S/C20H29ClN2O4/c1-20(2,3)27-19(25)23-11-8-17(9-12-23)22-14-18(24)26-13-10-15-4-6-16(21)7-5-15/h4-7,17,22H,8-14H2,1-3H3. The zero-order valence-corrected chi connectivity index (χ0v) is 17.1. The van der Waals surface area contributed by atoms with E-state index in [4.69, 9.17) is 21.1 Å². The van der Waals surface area contributed by atoms with Crippen molar-refractivity contribution in [3.05, 3.63) is 34.9 Å². The lowest BCUT2D eigenvalue weighted by Crippen LogP contribution is -2.47. The zero-order valence-electron chi connectivity index (χ0n) is 16.3. The summed E-state index contributed by atoms with van der Waals surface area (Å²) in [7, 11) is 0. The van der Waals surface area contributed by atoms with E-state index in [9.17, 15) is 9.59 Å². The smallest absolute Gasteiger partial charge is 0.410 e. The molecule has 1 saturated heterocycles. The number of benzene rings is 1. The predicted molar refractivity (Wildman–Crippen MR) is 105 cm³/mol. The monoisotopic (exact) mass is 396 g/mol. The lowest BCUT2D eigenvalue weighted by Gasteiger charge is -2.33. The number of esters is 1. The van der Waals surface area contributed by atoms with E-state index in [0.717, 1.165) is 18.4 Å². The van der Waals surface area contributed by atoms with Gasteiger partial charge in [0.25, 0.3) is 0 Å². The second kappa shape index (κ2) is 9.95. The first-order valence-corrected chi connectivity index (χ1v) is 9.72. The number of rotatable bonds is 6. The van der Waals surface area contributed by atoms with Gasteiger partial charge in [0.15, 0.2) is 0 Å². The Hall–Kier alpha value is -1.79. The molecule has 0 aromatic heterocycles. The highest BCUT2D eigenvalue weighted by Gasteiger charge is 2.26. The van der Waals surface area contributed by atoms with Gasteiger partial charge in [0.2, 0.25) is 0 Å². The van der Waals surface area contributed by atoms with E-state index in [2.05, 4.69) is 5.32 Å². The van der Waals surface area contributed by atoms with Crippen molar-refractivity contribution < 1.29 is 19.1 Å². The second-order valence-corrected chi connectivity index (χ2v) is 8.16. The lowest BCUT2D eigenvalue weighted by molar-refractivity contribution is -0.142. The third kappa shape index (κ3) is 8.18. The summed E-state index contributed by atoms with van der Waals surface area (Å²) in [6.07, 6.45) is 1.97. The highest BCUT2D eigenvalue weighted by Crippen LogP contribution is 2.15. The SMILES string of the molecule is CC(C)(C)OC(=O)N1CCC(NCC(=O)OCCc2ccc(Cl)cc2)CC1. The van der Waals surface area contributed by atoms with E-state index in [1.54, 1.807) is 4.90 Å². The number of nitrogens with one attached hydrogen (secondary N) is 1. The van der Waals surface area contributed by atoms with Gasteiger partial charge in [-0.2, -0.15) is 0 Å². The number of piperidine rings is 1. The molecule has 0 bridgehead atoms. The minimum atomic E-state index is -0.484. The number of carbonyl (C=O) groups excluding carboxylic acids is 2.